The van der Waals surface area contributed by atoms with E-state index in [1.807, 2.05) is 36.4 Å². The molecule has 0 aromatic heterocycles. The molecule has 0 aliphatic heterocycles. The van der Waals surface area contributed by atoms with Crippen molar-refractivity contribution in [3.8, 4) is 16.9 Å². The summed E-state index contributed by atoms with van der Waals surface area (Å²) in [4.78, 5) is 25.0. The van der Waals surface area contributed by atoms with E-state index in [4.69, 9.17) is 13.7 Å². The summed E-state index contributed by atoms with van der Waals surface area (Å²) >= 11 is 0. The van der Waals surface area contributed by atoms with Crippen LogP contribution in [0.2, 0.25) is 0 Å². The Morgan fingerprint density at radius 3 is 2.00 bits per heavy atom. The fourth-order valence-corrected chi connectivity index (χ4v) is 5.94. The number of esters is 1. The molecular weight excluding hydrogens is 542 g/mol. The lowest BCUT2D eigenvalue weighted by atomic mass is 9.98. The minimum absolute atomic E-state index is 0.0505. The molecule has 5 rings (SSSR count). The number of fused-ring (bicyclic) bond motifs is 3. The fraction of sp³-hybridized carbons (Fsp3) is 0.188. The van der Waals surface area contributed by atoms with Crippen molar-refractivity contribution in [2.45, 2.75) is 29.7 Å². The van der Waals surface area contributed by atoms with Gasteiger partial charge in [0.2, 0.25) is 0 Å². The zero-order valence-corrected chi connectivity index (χ0v) is 23.2. The normalized spacial score (nSPS) is 13.0. The summed E-state index contributed by atoms with van der Waals surface area (Å²) in [5.41, 5.74) is 5.21. The van der Waals surface area contributed by atoms with Gasteiger partial charge in [-0.3, -0.25) is 4.79 Å². The molecule has 0 saturated heterocycles. The number of methoxy groups -OCH3 is 1. The highest BCUT2D eigenvalue weighted by Gasteiger charge is 2.29. The molecule has 0 heterocycles. The number of rotatable bonds is 10. The Kier molecular flexibility index (Phi) is 8.35. The van der Waals surface area contributed by atoms with Crippen molar-refractivity contribution in [1.82, 2.24) is 5.32 Å². The molecule has 0 saturated carbocycles. The van der Waals surface area contributed by atoms with E-state index in [1.165, 1.54) is 31.4 Å². The second-order valence-electron chi connectivity index (χ2n) is 9.65. The molecule has 4 aromatic rings. The number of hydrogen-bond donors (Lipinski definition) is 1. The van der Waals surface area contributed by atoms with Crippen LogP contribution in [-0.4, -0.2) is 40.2 Å². The highest BCUT2D eigenvalue weighted by molar-refractivity contribution is 7.87. The second kappa shape index (κ2) is 12.3. The molecule has 1 atom stereocenters. The van der Waals surface area contributed by atoms with Gasteiger partial charge in [-0.15, -0.1) is 0 Å². The molecule has 4 aromatic carbocycles. The van der Waals surface area contributed by atoms with E-state index in [-0.39, 0.29) is 36.0 Å². The lowest BCUT2D eigenvalue weighted by Gasteiger charge is -2.19. The maximum atomic E-state index is 12.9. The van der Waals surface area contributed by atoms with E-state index >= 15 is 0 Å². The number of amides is 1. The second-order valence-corrected chi connectivity index (χ2v) is 11.2. The van der Waals surface area contributed by atoms with Crippen molar-refractivity contribution in [3.05, 3.63) is 120 Å². The third-order valence-corrected chi connectivity index (χ3v) is 8.21. The van der Waals surface area contributed by atoms with Crippen molar-refractivity contribution < 1.29 is 31.7 Å². The lowest BCUT2D eigenvalue weighted by molar-refractivity contribution is -0.141. The van der Waals surface area contributed by atoms with Gasteiger partial charge in [0.25, 0.3) is 0 Å². The highest BCUT2D eigenvalue weighted by Crippen LogP contribution is 2.44. The van der Waals surface area contributed by atoms with Crippen molar-refractivity contribution in [2.24, 2.45) is 0 Å². The number of ether oxygens (including phenoxy) is 2. The Morgan fingerprint density at radius 2 is 1.39 bits per heavy atom. The van der Waals surface area contributed by atoms with Crippen LogP contribution in [0.1, 0.15) is 29.0 Å². The maximum absolute atomic E-state index is 12.9. The Bertz CT molecular complexity index is 1590. The van der Waals surface area contributed by atoms with Crippen LogP contribution >= 0.6 is 0 Å². The standard InChI is InChI=1S/C32H29NO7S/c1-38-31(34)20-23(19-22-15-17-24(18-16-22)40-41(36,37)25-9-3-2-4-10-25)33-32(35)39-21-30-28-13-7-5-11-26(28)27-12-6-8-14-29(27)30/h2-18,23,30H,19-21H2,1H3,(H,33,35). The number of nitrogens with one attached hydrogen (secondary N) is 1. The van der Waals surface area contributed by atoms with E-state index in [2.05, 4.69) is 17.4 Å². The molecule has 0 radical (unpaired) electrons. The third-order valence-electron chi connectivity index (χ3n) is 6.95. The summed E-state index contributed by atoms with van der Waals surface area (Å²) in [5.74, 6) is -0.429. The summed E-state index contributed by atoms with van der Waals surface area (Å²) in [6, 6.07) is 29.8. The number of hydrogen-bond acceptors (Lipinski definition) is 7. The first-order valence-corrected chi connectivity index (χ1v) is 14.5. The Hall–Kier alpha value is -4.63. The van der Waals surface area contributed by atoms with E-state index in [9.17, 15) is 18.0 Å². The van der Waals surface area contributed by atoms with E-state index < -0.39 is 28.2 Å². The number of carbonyl (C=O) groups excluding carboxylic acids is 2. The Balaban J connectivity index is 1.23. The molecule has 1 aliphatic carbocycles. The molecule has 1 aliphatic rings. The van der Waals surface area contributed by atoms with Gasteiger partial charge in [0.05, 0.1) is 13.5 Å². The number of carbonyl (C=O) groups is 2. The topological polar surface area (TPSA) is 108 Å². The first-order chi connectivity index (χ1) is 19.8. The van der Waals surface area contributed by atoms with E-state index in [0.717, 1.165) is 27.8 Å². The molecule has 41 heavy (non-hydrogen) atoms. The summed E-state index contributed by atoms with van der Waals surface area (Å²) < 4.78 is 40.7. The van der Waals surface area contributed by atoms with E-state index in [1.54, 1.807) is 30.3 Å². The predicted octanol–water partition coefficient (Wildman–Crippen LogP) is 5.47. The molecule has 210 valence electrons. The first kappa shape index (κ1) is 27.9. The minimum Gasteiger partial charge on any atom is -0.469 e. The predicted molar refractivity (Wildman–Crippen MR) is 153 cm³/mol. The molecule has 0 spiro atoms. The van der Waals surface area contributed by atoms with Gasteiger partial charge < -0.3 is 19.0 Å². The Morgan fingerprint density at radius 1 is 0.805 bits per heavy atom. The smallest absolute Gasteiger partial charge is 0.407 e. The molecule has 0 fully saturated rings. The molecule has 1 N–H and O–H groups in total. The summed E-state index contributed by atoms with van der Waals surface area (Å²) in [5, 5.41) is 2.79. The summed E-state index contributed by atoms with van der Waals surface area (Å²) in [6.45, 7) is 0.146. The van der Waals surface area contributed by atoms with Gasteiger partial charge >= 0.3 is 22.2 Å². The summed E-state index contributed by atoms with van der Waals surface area (Å²) in [7, 11) is -2.69. The van der Waals surface area contributed by atoms with Gasteiger partial charge in [0, 0.05) is 12.0 Å². The molecule has 1 unspecified atom stereocenters. The van der Waals surface area contributed by atoms with Gasteiger partial charge in [-0.05, 0) is 58.5 Å². The minimum atomic E-state index is -3.97. The van der Waals surface area contributed by atoms with Crippen LogP contribution in [0.5, 0.6) is 5.75 Å². The first-order valence-electron chi connectivity index (χ1n) is 13.1. The van der Waals surface area contributed by atoms with Crippen LogP contribution in [0, 0.1) is 0 Å². The Labute approximate surface area is 239 Å². The lowest BCUT2D eigenvalue weighted by Crippen LogP contribution is -2.39. The largest absolute Gasteiger partial charge is 0.469 e. The van der Waals surface area contributed by atoms with Gasteiger partial charge in [0.1, 0.15) is 17.3 Å². The van der Waals surface area contributed by atoms with Crippen molar-refractivity contribution >= 4 is 22.2 Å². The molecule has 0 bridgehead atoms. The van der Waals surface area contributed by atoms with Gasteiger partial charge in [-0.1, -0.05) is 78.9 Å². The number of alkyl carbamates (subject to hydrolysis) is 1. The zero-order valence-electron chi connectivity index (χ0n) is 22.4. The SMILES string of the molecule is COC(=O)CC(Cc1ccc(OS(=O)(=O)c2ccccc2)cc1)NC(=O)OCC1c2ccccc2-c2ccccc21. The molecule has 9 heteroatoms. The molecule has 8 nitrogen and oxygen atoms in total. The van der Waals surface area contributed by atoms with Crippen LogP contribution in [-0.2, 0) is 30.8 Å². The summed E-state index contributed by atoms with van der Waals surface area (Å²) in [6.07, 6.45) is -0.429. The van der Waals surface area contributed by atoms with Crippen molar-refractivity contribution in [3.63, 3.8) is 0 Å². The van der Waals surface area contributed by atoms with E-state index in [0.29, 0.717) is 0 Å². The van der Waals surface area contributed by atoms with Crippen LogP contribution in [0.3, 0.4) is 0 Å². The molecular formula is C32H29NO7S. The molecule has 1 amide bonds. The monoisotopic (exact) mass is 571 g/mol. The highest BCUT2D eigenvalue weighted by atomic mass is 32.2. The average molecular weight is 572 g/mol. The van der Waals surface area contributed by atoms with Gasteiger partial charge in [-0.2, -0.15) is 8.42 Å². The van der Waals surface area contributed by atoms with Gasteiger partial charge in [-0.25, -0.2) is 4.79 Å². The van der Waals surface area contributed by atoms with Crippen LogP contribution in [0.4, 0.5) is 4.79 Å². The van der Waals surface area contributed by atoms with Crippen LogP contribution < -0.4 is 9.50 Å². The van der Waals surface area contributed by atoms with Crippen molar-refractivity contribution in [1.29, 1.82) is 0 Å². The van der Waals surface area contributed by atoms with Crippen LogP contribution in [0.25, 0.3) is 11.1 Å². The van der Waals surface area contributed by atoms with Gasteiger partial charge in [0.15, 0.2) is 0 Å². The maximum Gasteiger partial charge on any atom is 0.407 e. The quantitative estimate of drug-likeness (QED) is 0.199. The van der Waals surface area contributed by atoms with Crippen molar-refractivity contribution in [2.75, 3.05) is 13.7 Å². The fourth-order valence-electron chi connectivity index (χ4n) is 4.99. The average Bonchev–Trinajstić information content (AvgIpc) is 3.31. The third kappa shape index (κ3) is 6.58. The number of benzene rings is 4. The van der Waals surface area contributed by atoms with Crippen LogP contribution in [0.15, 0.2) is 108 Å². The zero-order chi connectivity index (χ0) is 28.8.